The van der Waals surface area contributed by atoms with E-state index in [0.717, 1.165) is 25.9 Å². The second-order valence-electron chi connectivity index (χ2n) is 9.71. The van der Waals surface area contributed by atoms with Crippen LogP contribution in [0.25, 0.3) is 0 Å². The summed E-state index contributed by atoms with van der Waals surface area (Å²) < 4.78 is 18.7. The fourth-order valence-electron chi connectivity index (χ4n) is 3.46. The van der Waals surface area contributed by atoms with Gasteiger partial charge in [0.25, 0.3) is 0 Å². The molecule has 0 aliphatic carbocycles. The van der Waals surface area contributed by atoms with Crippen molar-refractivity contribution in [2.45, 2.75) is 90.0 Å². The summed E-state index contributed by atoms with van der Waals surface area (Å²) in [5.41, 5.74) is 1.20. The van der Waals surface area contributed by atoms with Crippen molar-refractivity contribution < 1.29 is 19.0 Å². The third-order valence-electron chi connectivity index (χ3n) is 6.32. The maximum absolute atomic E-state index is 9.89. The lowest BCUT2D eigenvalue weighted by Crippen LogP contribution is -2.53. The third kappa shape index (κ3) is 6.67. The van der Waals surface area contributed by atoms with Gasteiger partial charge in [-0.2, -0.15) is 0 Å². The molecule has 1 fully saturated rings. The second kappa shape index (κ2) is 10.3. The van der Waals surface area contributed by atoms with Crippen LogP contribution >= 0.6 is 0 Å². The van der Waals surface area contributed by atoms with Gasteiger partial charge in [0.05, 0.1) is 25.4 Å². The van der Waals surface area contributed by atoms with E-state index in [1.54, 1.807) is 0 Å². The smallest absolute Gasteiger partial charge is 0.192 e. The highest BCUT2D eigenvalue weighted by atomic mass is 28.4. The lowest BCUT2D eigenvalue weighted by Gasteiger charge is -2.46. The topological polar surface area (TPSA) is 47.9 Å². The molecule has 0 bridgehead atoms. The average molecular weight is 409 g/mol. The van der Waals surface area contributed by atoms with E-state index in [4.69, 9.17) is 13.9 Å². The number of rotatable bonds is 9. The van der Waals surface area contributed by atoms with E-state index in [2.05, 4.69) is 52.9 Å². The van der Waals surface area contributed by atoms with Crippen LogP contribution in [-0.4, -0.2) is 44.9 Å². The van der Waals surface area contributed by atoms with Gasteiger partial charge in [-0.25, -0.2) is 0 Å². The Balaban J connectivity index is 1.78. The van der Waals surface area contributed by atoms with Crippen molar-refractivity contribution in [2.75, 3.05) is 13.2 Å². The minimum atomic E-state index is -1.88. The number of ether oxygens (including phenoxy) is 2. The monoisotopic (exact) mass is 408 g/mol. The normalized spacial score (nSPS) is 26.4. The molecule has 5 heteroatoms. The van der Waals surface area contributed by atoms with Gasteiger partial charge in [0.1, 0.15) is 6.10 Å². The van der Waals surface area contributed by atoms with E-state index in [1.165, 1.54) is 5.56 Å². The van der Waals surface area contributed by atoms with Gasteiger partial charge in [-0.3, -0.25) is 0 Å². The molecular weight excluding hydrogens is 368 g/mol. The van der Waals surface area contributed by atoms with Crippen LogP contribution in [0.1, 0.15) is 52.5 Å². The summed E-state index contributed by atoms with van der Waals surface area (Å²) in [6.45, 7) is 14.9. The summed E-state index contributed by atoms with van der Waals surface area (Å²) in [5.74, 6) is 0.423. The van der Waals surface area contributed by atoms with Gasteiger partial charge < -0.3 is 19.0 Å². The molecule has 0 unspecified atom stereocenters. The van der Waals surface area contributed by atoms with Crippen molar-refractivity contribution in [3.63, 3.8) is 0 Å². The molecule has 0 radical (unpaired) electrons. The first-order valence-corrected chi connectivity index (χ1v) is 13.6. The molecule has 0 amide bonds. The standard InChI is InChI=1S/C23H40O4Si/c1-18-15-21(27-28(5,6)23(2,3)4)22(16-24)26-20(18)13-10-14-25-17-19-11-8-7-9-12-19/h7-9,11-12,18,20-22,24H,10,13-17H2,1-6H3/t18-,20-,21-,22+/m0/s1. The average Bonchev–Trinajstić information content (AvgIpc) is 2.62. The van der Waals surface area contributed by atoms with Gasteiger partial charge in [0.15, 0.2) is 8.32 Å². The van der Waals surface area contributed by atoms with Crippen molar-refractivity contribution in [1.82, 2.24) is 0 Å². The Morgan fingerprint density at radius 2 is 1.82 bits per heavy atom. The predicted molar refractivity (Wildman–Crippen MR) is 117 cm³/mol. The zero-order chi connectivity index (χ0) is 20.8. The molecule has 0 spiro atoms. The Kier molecular flexibility index (Phi) is 8.71. The number of aliphatic hydroxyl groups excluding tert-OH is 1. The summed E-state index contributed by atoms with van der Waals surface area (Å²) in [5, 5.41) is 10.0. The number of aliphatic hydroxyl groups is 1. The molecule has 28 heavy (non-hydrogen) atoms. The fraction of sp³-hybridized carbons (Fsp3) is 0.739. The molecule has 0 saturated carbocycles. The Bertz CT molecular complexity index is 570. The summed E-state index contributed by atoms with van der Waals surface area (Å²) in [6, 6.07) is 10.3. The predicted octanol–water partition coefficient (Wildman–Crippen LogP) is 5.16. The minimum Gasteiger partial charge on any atom is -0.411 e. The molecule has 1 heterocycles. The van der Waals surface area contributed by atoms with Crippen LogP contribution in [0.3, 0.4) is 0 Å². The van der Waals surface area contributed by atoms with Crippen LogP contribution in [0.15, 0.2) is 30.3 Å². The number of benzene rings is 1. The molecule has 160 valence electrons. The summed E-state index contributed by atoms with van der Waals surface area (Å²) in [4.78, 5) is 0. The Hall–Kier alpha value is -0.723. The van der Waals surface area contributed by atoms with Crippen LogP contribution in [0.2, 0.25) is 18.1 Å². The van der Waals surface area contributed by atoms with Crippen molar-refractivity contribution in [3.8, 4) is 0 Å². The molecule has 1 aromatic carbocycles. The highest BCUT2D eigenvalue weighted by Crippen LogP contribution is 2.40. The van der Waals surface area contributed by atoms with Gasteiger partial charge in [-0.15, -0.1) is 0 Å². The Labute approximate surface area is 172 Å². The first-order chi connectivity index (χ1) is 13.1. The molecular formula is C23H40O4Si. The highest BCUT2D eigenvalue weighted by molar-refractivity contribution is 6.74. The molecule has 1 aliphatic heterocycles. The lowest BCUT2D eigenvalue weighted by molar-refractivity contribution is -0.153. The van der Waals surface area contributed by atoms with E-state index in [0.29, 0.717) is 12.5 Å². The van der Waals surface area contributed by atoms with Gasteiger partial charge in [0, 0.05) is 6.61 Å². The lowest BCUT2D eigenvalue weighted by atomic mass is 9.89. The number of hydrogen-bond donors (Lipinski definition) is 1. The van der Waals surface area contributed by atoms with E-state index >= 15 is 0 Å². The SMILES string of the molecule is C[C@H]1C[C@H](O[Si](C)(C)C(C)(C)C)[C@@H](CO)O[C@H]1CCCOCc1ccccc1. The van der Waals surface area contributed by atoms with Crippen LogP contribution in [0.5, 0.6) is 0 Å². The van der Waals surface area contributed by atoms with Crippen LogP contribution in [-0.2, 0) is 20.5 Å². The van der Waals surface area contributed by atoms with Crippen molar-refractivity contribution >= 4 is 8.32 Å². The second-order valence-corrected chi connectivity index (χ2v) is 14.5. The van der Waals surface area contributed by atoms with E-state index in [1.807, 2.05) is 18.2 Å². The zero-order valence-corrected chi connectivity index (χ0v) is 19.6. The molecule has 1 saturated heterocycles. The summed E-state index contributed by atoms with van der Waals surface area (Å²) in [6.07, 6.45) is 2.81. The van der Waals surface area contributed by atoms with Gasteiger partial charge in [0.2, 0.25) is 0 Å². The first kappa shape index (κ1) is 23.6. The third-order valence-corrected chi connectivity index (χ3v) is 10.8. The van der Waals surface area contributed by atoms with Gasteiger partial charge >= 0.3 is 0 Å². The number of hydrogen-bond acceptors (Lipinski definition) is 4. The van der Waals surface area contributed by atoms with Gasteiger partial charge in [-0.1, -0.05) is 58.0 Å². The van der Waals surface area contributed by atoms with Crippen molar-refractivity contribution in [3.05, 3.63) is 35.9 Å². The van der Waals surface area contributed by atoms with E-state index in [9.17, 15) is 5.11 Å². The Morgan fingerprint density at radius 3 is 2.43 bits per heavy atom. The van der Waals surface area contributed by atoms with E-state index < -0.39 is 8.32 Å². The van der Waals surface area contributed by atoms with Gasteiger partial charge in [-0.05, 0) is 48.9 Å². The highest BCUT2D eigenvalue weighted by Gasteiger charge is 2.44. The van der Waals surface area contributed by atoms with Crippen molar-refractivity contribution in [1.29, 1.82) is 0 Å². The first-order valence-electron chi connectivity index (χ1n) is 10.7. The molecule has 1 N–H and O–H groups in total. The largest absolute Gasteiger partial charge is 0.411 e. The summed E-state index contributed by atoms with van der Waals surface area (Å²) in [7, 11) is -1.88. The molecule has 1 aromatic rings. The van der Waals surface area contributed by atoms with Crippen LogP contribution in [0, 0.1) is 5.92 Å². The molecule has 2 rings (SSSR count). The van der Waals surface area contributed by atoms with Crippen LogP contribution in [0.4, 0.5) is 0 Å². The zero-order valence-electron chi connectivity index (χ0n) is 18.6. The fourth-order valence-corrected chi connectivity index (χ4v) is 4.82. The molecule has 4 nitrogen and oxygen atoms in total. The summed E-state index contributed by atoms with van der Waals surface area (Å²) >= 11 is 0. The van der Waals surface area contributed by atoms with Crippen LogP contribution < -0.4 is 0 Å². The van der Waals surface area contributed by atoms with Crippen molar-refractivity contribution in [2.24, 2.45) is 5.92 Å². The quantitative estimate of drug-likeness (QED) is 0.453. The molecule has 4 atom stereocenters. The Morgan fingerprint density at radius 1 is 1.14 bits per heavy atom. The molecule has 1 aliphatic rings. The minimum absolute atomic E-state index is 0.00790. The maximum atomic E-state index is 9.89. The van der Waals surface area contributed by atoms with E-state index in [-0.39, 0.29) is 30.0 Å². The molecule has 0 aromatic heterocycles. The maximum Gasteiger partial charge on any atom is 0.192 e.